The van der Waals surface area contributed by atoms with E-state index in [1.165, 1.54) is 12.1 Å². The van der Waals surface area contributed by atoms with Crippen LogP contribution in [-0.2, 0) is 24.1 Å². The summed E-state index contributed by atoms with van der Waals surface area (Å²) in [5, 5.41) is 3.19. The first kappa shape index (κ1) is 27.1. The molecule has 37 heavy (non-hydrogen) atoms. The monoisotopic (exact) mass is 531 g/mol. The van der Waals surface area contributed by atoms with Crippen LogP contribution in [0.1, 0.15) is 36.0 Å². The van der Waals surface area contributed by atoms with Crippen LogP contribution in [0.3, 0.4) is 0 Å². The molecule has 0 aromatic heterocycles. The minimum absolute atomic E-state index is 0.0771. The number of benzene rings is 2. The van der Waals surface area contributed by atoms with Gasteiger partial charge in [-0.25, -0.2) is 8.60 Å². The van der Waals surface area contributed by atoms with Crippen LogP contribution in [0.2, 0.25) is 0 Å². The van der Waals surface area contributed by atoms with Crippen LogP contribution in [0.5, 0.6) is 11.5 Å². The van der Waals surface area contributed by atoms with E-state index in [-0.39, 0.29) is 36.1 Å². The van der Waals surface area contributed by atoms with E-state index in [4.69, 9.17) is 9.47 Å². The molecule has 4 unspecified atom stereocenters. The van der Waals surface area contributed by atoms with E-state index < -0.39 is 21.8 Å². The summed E-state index contributed by atoms with van der Waals surface area (Å²) in [7, 11) is -0.689. The Hall–Kier alpha value is -2.98. The van der Waals surface area contributed by atoms with Crippen molar-refractivity contribution < 1.29 is 27.7 Å². The van der Waals surface area contributed by atoms with Crippen molar-refractivity contribution >= 4 is 27.3 Å². The molecule has 2 aliphatic heterocycles. The highest BCUT2D eigenvalue weighted by atomic mass is 32.2. The maximum absolute atomic E-state index is 13.9. The summed E-state index contributed by atoms with van der Waals surface area (Å²) in [5.41, 5.74) is 2.63. The lowest BCUT2D eigenvalue weighted by Gasteiger charge is -2.39. The summed E-state index contributed by atoms with van der Waals surface area (Å²) in [4.78, 5) is 27.2. The minimum atomic E-state index is -2.42. The fourth-order valence-corrected chi connectivity index (χ4v) is 5.98. The van der Waals surface area contributed by atoms with Crippen LogP contribution in [0.4, 0.5) is 10.1 Å². The fraction of sp³-hybridized carbons (Fsp3) is 0.481. The molecule has 4 atom stereocenters. The van der Waals surface area contributed by atoms with Crippen molar-refractivity contribution in [1.29, 1.82) is 0 Å². The second kappa shape index (κ2) is 10.4. The van der Waals surface area contributed by atoms with Gasteiger partial charge in [-0.05, 0) is 74.6 Å². The molecule has 0 bridgehead atoms. The molecule has 2 aromatic rings. The number of hydrogen-bond donors (Lipinski definition) is 1. The lowest BCUT2D eigenvalue weighted by molar-refractivity contribution is -0.145. The summed E-state index contributed by atoms with van der Waals surface area (Å²) in [5.74, 6) is -0.0919. The van der Waals surface area contributed by atoms with Crippen LogP contribution in [0.25, 0.3) is 0 Å². The average molecular weight is 532 g/mol. The predicted octanol–water partition coefficient (Wildman–Crippen LogP) is 4.06. The lowest BCUT2D eigenvalue weighted by Crippen LogP contribution is -2.54. The Morgan fingerprint density at radius 1 is 1.22 bits per heavy atom. The number of amides is 1. The molecular formula is C27H34FN3O5S. The highest BCUT2D eigenvalue weighted by Crippen LogP contribution is 2.45. The first-order valence-corrected chi connectivity index (χ1v) is 14.6. The number of hydrogen-bond acceptors (Lipinski definition) is 7. The standard InChI is InChI=1S/C27H34FN3O5S/c1-7-35-27(33)22-13-20-21(14-31(4)26(32)24(20)29-22)19-12-18(30-37(5,6)34)8-9-23(19)36-25-15(2)10-17(28)11-16(25)3/h8-12,20-22,24,29H,7,13-14H2,1-6H3. The van der Waals surface area contributed by atoms with Gasteiger partial charge in [-0.1, -0.05) is 0 Å². The number of likely N-dealkylation sites (N-methyl/N-ethyl adjacent to an activating group) is 1. The number of nitrogens with one attached hydrogen (secondary N) is 1. The van der Waals surface area contributed by atoms with Gasteiger partial charge in [0.15, 0.2) is 0 Å². The third-order valence-electron chi connectivity index (χ3n) is 6.87. The Balaban J connectivity index is 1.81. The fourth-order valence-electron chi connectivity index (χ4n) is 5.36. The van der Waals surface area contributed by atoms with Gasteiger partial charge in [-0.15, -0.1) is 0 Å². The molecular weight excluding hydrogens is 497 g/mol. The summed E-state index contributed by atoms with van der Waals surface area (Å²) in [6.07, 6.45) is 3.56. The van der Waals surface area contributed by atoms with Gasteiger partial charge in [0.1, 0.15) is 23.4 Å². The van der Waals surface area contributed by atoms with Gasteiger partial charge >= 0.3 is 5.97 Å². The highest BCUT2D eigenvalue weighted by molar-refractivity contribution is 7.92. The summed E-state index contributed by atoms with van der Waals surface area (Å²) < 4.78 is 42.4. The molecule has 1 N–H and O–H groups in total. The van der Waals surface area contributed by atoms with E-state index >= 15 is 0 Å². The second-order valence-electron chi connectivity index (χ2n) is 10.1. The normalized spacial score (nSPS) is 23.5. The minimum Gasteiger partial charge on any atom is -0.465 e. The van der Waals surface area contributed by atoms with Crippen molar-refractivity contribution in [2.45, 2.75) is 45.2 Å². The molecule has 2 fully saturated rings. The largest absolute Gasteiger partial charge is 0.465 e. The Labute approximate surface area is 217 Å². The van der Waals surface area contributed by atoms with Crippen molar-refractivity contribution in [3.8, 4) is 11.5 Å². The van der Waals surface area contributed by atoms with Gasteiger partial charge in [0.05, 0.1) is 18.3 Å². The molecule has 10 heteroatoms. The third-order valence-corrected chi connectivity index (χ3v) is 7.52. The number of fused-ring (bicyclic) bond motifs is 1. The van der Waals surface area contributed by atoms with Crippen LogP contribution < -0.4 is 10.1 Å². The summed E-state index contributed by atoms with van der Waals surface area (Å²) in [6, 6.07) is 7.06. The first-order valence-electron chi connectivity index (χ1n) is 12.3. The zero-order chi connectivity index (χ0) is 27.1. The van der Waals surface area contributed by atoms with Gasteiger partial charge in [0.2, 0.25) is 5.91 Å². The SMILES string of the molecule is CCOC(=O)C1CC2C(N1)C(=O)N(C)CC2c1cc(N=S(C)(C)=O)ccc1Oc1c(C)cc(F)cc1C. The number of aryl methyl sites for hydroxylation is 2. The number of ether oxygens (including phenoxy) is 2. The number of carbonyl (C=O) groups excluding carboxylic acids is 2. The van der Waals surface area contributed by atoms with E-state index in [0.717, 1.165) is 5.56 Å². The Bertz CT molecular complexity index is 1320. The number of esters is 1. The van der Waals surface area contributed by atoms with E-state index in [1.807, 2.05) is 6.07 Å². The van der Waals surface area contributed by atoms with Crippen LogP contribution in [-0.4, -0.2) is 65.8 Å². The van der Waals surface area contributed by atoms with Crippen LogP contribution in [0, 0.1) is 25.6 Å². The van der Waals surface area contributed by atoms with Gasteiger partial charge < -0.3 is 14.4 Å². The maximum Gasteiger partial charge on any atom is 0.323 e. The molecule has 0 aliphatic carbocycles. The molecule has 0 spiro atoms. The topological polar surface area (TPSA) is 97.3 Å². The molecule has 4 rings (SSSR count). The summed E-state index contributed by atoms with van der Waals surface area (Å²) >= 11 is 0. The van der Waals surface area contributed by atoms with Gasteiger partial charge in [0.25, 0.3) is 0 Å². The average Bonchev–Trinajstić information content (AvgIpc) is 3.24. The maximum atomic E-state index is 13.9. The molecule has 0 saturated carbocycles. The van der Waals surface area contributed by atoms with Crippen molar-refractivity contribution in [2.75, 3.05) is 32.7 Å². The predicted molar refractivity (Wildman–Crippen MR) is 140 cm³/mol. The number of likely N-dealkylation sites (tertiary alicyclic amines) is 1. The number of carbonyl (C=O) groups is 2. The highest BCUT2D eigenvalue weighted by Gasteiger charge is 2.50. The van der Waals surface area contributed by atoms with E-state index in [0.29, 0.717) is 41.3 Å². The zero-order valence-corrected chi connectivity index (χ0v) is 22.9. The van der Waals surface area contributed by atoms with Crippen molar-refractivity contribution in [3.63, 3.8) is 0 Å². The smallest absolute Gasteiger partial charge is 0.323 e. The number of rotatable bonds is 6. The molecule has 0 radical (unpaired) electrons. The molecule has 2 saturated heterocycles. The quantitative estimate of drug-likeness (QED) is 0.565. The number of nitrogens with zero attached hydrogens (tertiary/aromatic N) is 2. The van der Waals surface area contributed by atoms with Crippen molar-refractivity contribution in [2.24, 2.45) is 10.3 Å². The van der Waals surface area contributed by atoms with Crippen molar-refractivity contribution in [3.05, 3.63) is 52.8 Å². The molecule has 2 aromatic carbocycles. The number of halogens is 1. The Morgan fingerprint density at radius 3 is 2.51 bits per heavy atom. The first-order chi connectivity index (χ1) is 17.4. The van der Waals surface area contributed by atoms with E-state index in [2.05, 4.69) is 9.68 Å². The lowest BCUT2D eigenvalue weighted by atomic mass is 9.77. The van der Waals surface area contributed by atoms with Gasteiger partial charge in [0, 0.05) is 47.3 Å². The summed E-state index contributed by atoms with van der Waals surface area (Å²) in [6.45, 7) is 5.98. The molecule has 2 aliphatic rings. The van der Waals surface area contributed by atoms with E-state index in [1.54, 1.807) is 57.4 Å². The second-order valence-corrected chi connectivity index (χ2v) is 12.7. The molecule has 8 nitrogen and oxygen atoms in total. The van der Waals surface area contributed by atoms with Crippen LogP contribution in [0.15, 0.2) is 34.7 Å². The number of piperidine rings is 1. The van der Waals surface area contributed by atoms with Gasteiger partial charge in [-0.3, -0.25) is 14.9 Å². The van der Waals surface area contributed by atoms with Gasteiger partial charge in [-0.2, -0.15) is 4.36 Å². The zero-order valence-electron chi connectivity index (χ0n) is 22.0. The van der Waals surface area contributed by atoms with Crippen molar-refractivity contribution in [1.82, 2.24) is 10.2 Å². The Kier molecular flexibility index (Phi) is 7.62. The molecule has 200 valence electrons. The van der Waals surface area contributed by atoms with E-state index in [9.17, 15) is 18.2 Å². The third kappa shape index (κ3) is 5.80. The molecule has 2 heterocycles. The van der Waals surface area contributed by atoms with Crippen LogP contribution >= 0.6 is 0 Å². The molecule has 1 amide bonds. The Morgan fingerprint density at radius 2 is 1.89 bits per heavy atom.